The molecule has 4 atom stereocenters. The van der Waals surface area contributed by atoms with Gasteiger partial charge in [-0.1, -0.05) is 37.8 Å². The molecule has 0 saturated heterocycles. The lowest BCUT2D eigenvalue weighted by atomic mass is 9.88. The summed E-state index contributed by atoms with van der Waals surface area (Å²) in [5.74, 6) is -0.336. The first-order valence-electron chi connectivity index (χ1n) is 16.8. The molecule has 2 amide bonds. The van der Waals surface area contributed by atoms with Gasteiger partial charge in [0.05, 0.1) is 35.3 Å². The third-order valence-electron chi connectivity index (χ3n) is 9.25. The highest BCUT2D eigenvalue weighted by molar-refractivity contribution is 7.89. The van der Waals surface area contributed by atoms with Crippen molar-refractivity contribution in [1.29, 1.82) is 0 Å². The molecular formula is C35H50ClN3O7S. The Hall–Kier alpha value is -2.70. The number of benzene rings is 2. The molecule has 2 aromatic carbocycles. The van der Waals surface area contributed by atoms with Gasteiger partial charge in [0.1, 0.15) is 5.75 Å². The number of rotatable bonds is 8. The number of anilines is 1. The number of ether oxygens (including phenoxy) is 2. The molecule has 0 radical (unpaired) electrons. The Morgan fingerprint density at radius 1 is 1.06 bits per heavy atom. The van der Waals surface area contributed by atoms with Crippen LogP contribution in [0.5, 0.6) is 5.75 Å². The van der Waals surface area contributed by atoms with Crippen molar-refractivity contribution in [3.8, 4) is 5.75 Å². The van der Waals surface area contributed by atoms with Crippen LogP contribution in [-0.4, -0.2) is 86.1 Å². The number of likely N-dealkylation sites (N-methyl/N-ethyl adjacent to an activating group) is 1. The number of fused-ring (bicyclic) bond motifs is 1. The molecule has 0 aromatic heterocycles. The molecule has 47 heavy (non-hydrogen) atoms. The summed E-state index contributed by atoms with van der Waals surface area (Å²) in [5, 5.41) is 13.7. The van der Waals surface area contributed by atoms with Gasteiger partial charge < -0.3 is 24.8 Å². The van der Waals surface area contributed by atoms with E-state index >= 15 is 0 Å². The SMILES string of the molecule is C[C@H]1CCCCO[C@H](CN(C)S(=O)(=O)c2ccc(Cl)cc2)[C@@H](C)CN([C@@H](C)CO)C(=O)c2cc(NC(=O)C3CCCCC3)ccc2O1. The van der Waals surface area contributed by atoms with Crippen LogP contribution in [0.2, 0.25) is 5.02 Å². The van der Waals surface area contributed by atoms with Gasteiger partial charge in [0, 0.05) is 49.3 Å². The summed E-state index contributed by atoms with van der Waals surface area (Å²) in [6.45, 7) is 6.03. The number of aliphatic hydroxyl groups excluding tert-OH is 1. The van der Waals surface area contributed by atoms with Crippen molar-refractivity contribution in [3.05, 3.63) is 53.1 Å². The van der Waals surface area contributed by atoms with Gasteiger partial charge in [-0.05, 0) is 88.4 Å². The van der Waals surface area contributed by atoms with E-state index in [0.717, 1.165) is 51.4 Å². The van der Waals surface area contributed by atoms with Gasteiger partial charge in [-0.3, -0.25) is 9.59 Å². The molecule has 2 aromatic rings. The lowest BCUT2D eigenvalue weighted by Gasteiger charge is -2.35. The number of nitrogens with one attached hydrogen (secondary N) is 1. The monoisotopic (exact) mass is 691 g/mol. The van der Waals surface area contributed by atoms with Gasteiger partial charge in [0.25, 0.3) is 5.91 Å². The maximum Gasteiger partial charge on any atom is 0.258 e. The Morgan fingerprint density at radius 3 is 2.43 bits per heavy atom. The van der Waals surface area contributed by atoms with Gasteiger partial charge in [-0.2, -0.15) is 4.31 Å². The standard InChI is InChI=1S/C35H50ClN3O7S/c1-24-21-39(25(2)23-40)35(42)31-20-29(37-34(41)27-11-6-5-7-12-27)15-18-32(31)46-26(3)10-8-9-19-45-33(24)22-38(4)47(43,44)30-16-13-28(36)14-17-30/h13-18,20,24-27,33,40H,5-12,19,21-23H2,1-4H3,(H,37,41)/t24-,25-,26-,33+/m0/s1. The number of carbonyl (C=O) groups excluding carboxylic acids is 2. The Bertz CT molecular complexity index is 1450. The summed E-state index contributed by atoms with van der Waals surface area (Å²) >= 11 is 5.99. The molecule has 2 aliphatic rings. The second-order valence-corrected chi connectivity index (χ2v) is 15.6. The Morgan fingerprint density at radius 2 is 1.74 bits per heavy atom. The highest BCUT2D eigenvalue weighted by atomic mass is 35.5. The minimum absolute atomic E-state index is 0.0425. The molecule has 0 unspecified atom stereocenters. The second kappa shape index (κ2) is 17.1. The van der Waals surface area contributed by atoms with E-state index in [1.54, 1.807) is 30.0 Å². The third kappa shape index (κ3) is 9.92. The van der Waals surface area contributed by atoms with Crippen molar-refractivity contribution in [3.63, 3.8) is 0 Å². The summed E-state index contributed by atoms with van der Waals surface area (Å²) in [4.78, 5) is 29.1. The van der Waals surface area contributed by atoms with Crippen molar-refractivity contribution in [2.75, 3.05) is 38.7 Å². The largest absolute Gasteiger partial charge is 0.490 e. The van der Waals surface area contributed by atoms with E-state index in [9.17, 15) is 23.1 Å². The third-order valence-corrected chi connectivity index (χ3v) is 11.3. The first-order chi connectivity index (χ1) is 22.4. The summed E-state index contributed by atoms with van der Waals surface area (Å²) in [6, 6.07) is 10.6. The number of amides is 2. The fourth-order valence-corrected chi connectivity index (χ4v) is 7.52. The van der Waals surface area contributed by atoms with Crippen LogP contribution in [0.1, 0.15) is 82.5 Å². The van der Waals surface area contributed by atoms with Gasteiger partial charge in [0.2, 0.25) is 15.9 Å². The number of hydrogen-bond acceptors (Lipinski definition) is 7. The molecule has 0 bridgehead atoms. The normalized spacial score (nSPS) is 23.0. The zero-order chi connectivity index (χ0) is 34.1. The Labute approximate surface area is 284 Å². The van der Waals surface area contributed by atoms with Crippen LogP contribution >= 0.6 is 11.6 Å². The summed E-state index contributed by atoms with van der Waals surface area (Å²) in [5.41, 5.74) is 0.813. The van der Waals surface area contributed by atoms with E-state index in [-0.39, 0.29) is 54.3 Å². The van der Waals surface area contributed by atoms with Crippen LogP contribution in [-0.2, 0) is 19.6 Å². The molecule has 1 heterocycles. The zero-order valence-electron chi connectivity index (χ0n) is 28.0. The number of hydrogen-bond donors (Lipinski definition) is 2. The fraction of sp³-hybridized carbons (Fsp3) is 0.600. The molecule has 0 spiro atoms. The Balaban J connectivity index is 1.62. The van der Waals surface area contributed by atoms with Gasteiger partial charge in [-0.15, -0.1) is 0 Å². The lowest BCUT2D eigenvalue weighted by molar-refractivity contribution is -0.120. The number of halogens is 1. The lowest BCUT2D eigenvalue weighted by Crippen LogP contribution is -2.48. The minimum Gasteiger partial charge on any atom is -0.490 e. The minimum atomic E-state index is -3.83. The first-order valence-corrected chi connectivity index (χ1v) is 18.6. The van der Waals surface area contributed by atoms with Gasteiger partial charge in [-0.25, -0.2) is 8.42 Å². The van der Waals surface area contributed by atoms with Gasteiger partial charge >= 0.3 is 0 Å². The van der Waals surface area contributed by atoms with Crippen molar-refractivity contribution in [2.24, 2.45) is 11.8 Å². The van der Waals surface area contributed by atoms with Crippen LogP contribution in [0.3, 0.4) is 0 Å². The topological polar surface area (TPSA) is 125 Å². The van der Waals surface area contributed by atoms with E-state index in [0.29, 0.717) is 28.6 Å². The molecule has 260 valence electrons. The molecule has 4 rings (SSSR count). The van der Waals surface area contributed by atoms with E-state index in [1.165, 1.54) is 35.6 Å². The molecular weight excluding hydrogens is 642 g/mol. The van der Waals surface area contributed by atoms with E-state index in [1.807, 2.05) is 13.8 Å². The molecule has 12 heteroatoms. The van der Waals surface area contributed by atoms with Crippen molar-refractivity contribution < 1.29 is 32.6 Å². The van der Waals surface area contributed by atoms with Crippen LogP contribution in [0, 0.1) is 11.8 Å². The second-order valence-electron chi connectivity index (χ2n) is 13.1. The summed E-state index contributed by atoms with van der Waals surface area (Å²) < 4.78 is 40.7. The molecule has 1 fully saturated rings. The average Bonchev–Trinajstić information content (AvgIpc) is 3.06. The highest BCUT2D eigenvalue weighted by Crippen LogP contribution is 2.30. The fourth-order valence-electron chi connectivity index (χ4n) is 6.21. The number of sulfonamides is 1. The maximum absolute atomic E-state index is 14.4. The van der Waals surface area contributed by atoms with E-state index in [4.69, 9.17) is 21.1 Å². The number of aliphatic hydroxyl groups is 1. The molecule has 2 N–H and O–H groups in total. The molecule has 10 nitrogen and oxygen atoms in total. The number of carbonyl (C=O) groups is 2. The molecule has 1 aliphatic carbocycles. The zero-order valence-corrected chi connectivity index (χ0v) is 29.6. The smallest absolute Gasteiger partial charge is 0.258 e. The van der Waals surface area contributed by atoms with Crippen molar-refractivity contribution in [1.82, 2.24) is 9.21 Å². The number of nitrogens with zero attached hydrogens (tertiary/aromatic N) is 2. The summed E-state index contributed by atoms with van der Waals surface area (Å²) in [7, 11) is -2.32. The highest BCUT2D eigenvalue weighted by Gasteiger charge is 2.33. The summed E-state index contributed by atoms with van der Waals surface area (Å²) in [6.07, 6.45) is 6.47. The Kier molecular flexibility index (Phi) is 13.5. The predicted molar refractivity (Wildman–Crippen MR) is 183 cm³/mol. The first kappa shape index (κ1) is 37.1. The maximum atomic E-state index is 14.4. The van der Waals surface area contributed by atoms with Crippen molar-refractivity contribution in [2.45, 2.75) is 95.3 Å². The molecule has 1 aliphatic heterocycles. The van der Waals surface area contributed by atoms with Crippen molar-refractivity contribution >= 4 is 39.1 Å². The van der Waals surface area contributed by atoms with Crippen LogP contribution in [0.4, 0.5) is 5.69 Å². The predicted octanol–water partition coefficient (Wildman–Crippen LogP) is 5.98. The van der Waals surface area contributed by atoms with Crippen LogP contribution in [0.15, 0.2) is 47.4 Å². The van der Waals surface area contributed by atoms with Gasteiger partial charge in [0.15, 0.2) is 0 Å². The van der Waals surface area contributed by atoms with Crippen LogP contribution in [0.25, 0.3) is 0 Å². The quantitative estimate of drug-likeness (QED) is 0.349. The van der Waals surface area contributed by atoms with E-state index in [2.05, 4.69) is 5.32 Å². The molecule has 1 saturated carbocycles. The average molecular weight is 692 g/mol. The van der Waals surface area contributed by atoms with E-state index < -0.39 is 22.2 Å². The van der Waals surface area contributed by atoms with Crippen LogP contribution < -0.4 is 10.1 Å².